The van der Waals surface area contributed by atoms with Gasteiger partial charge in [-0.2, -0.15) is 0 Å². The minimum Gasteiger partial charge on any atom is -0.469 e. The van der Waals surface area contributed by atoms with E-state index in [1.165, 1.54) is 32.8 Å². The lowest BCUT2D eigenvalue weighted by molar-refractivity contribution is -0.175. The van der Waals surface area contributed by atoms with Crippen molar-refractivity contribution in [2.75, 3.05) is 7.11 Å². The molecule has 0 bridgehead atoms. The first-order chi connectivity index (χ1) is 13.7. The fraction of sp³-hybridized carbons (Fsp3) is 0.960. The summed E-state index contributed by atoms with van der Waals surface area (Å²) in [6, 6.07) is 0. The Hall–Kier alpha value is -0.610. The number of aliphatic hydroxyl groups is 2. The van der Waals surface area contributed by atoms with Gasteiger partial charge in [-0.1, -0.05) is 20.8 Å². The minimum atomic E-state index is -0.246. The van der Waals surface area contributed by atoms with Gasteiger partial charge in [-0.3, -0.25) is 4.79 Å². The number of hydrogen-bond acceptors (Lipinski definition) is 4. The molecule has 0 amide bonds. The normalized spacial score (nSPS) is 50.2. The Bertz CT molecular complexity index is 620. The predicted molar refractivity (Wildman–Crippen MR) is 113 cm³/mol. The Morgan fingerprint density at radius 3 is 2.55 bits per heavy atom. The quantitative estimate of drug-likeness (QED) is 0.671. The molecule has 4 nitrogen and oxygen atoms in total. The average Bonchev–Trinajstić information content (AvgIpc) is 3.06. The number of esters is 1. The maximum atomic E-state index is 11.6. The van der Waals surface area contributed by atoms with Crippen LogP contribution < -0.4 is 0 Å². The van der Waals surface area contributed by atoms with E-state index in [0.717, 1.165) is 38.0 Å². The van der Waals surface area contributed by atoms with Gasteiger partial charge in [-0.15, -0.1) is 0 Å². The fourth-order valence-electron chi connectivity index (χ4n) is 8.81. The maximum absolute atomic E-state index is 11.6. The molecule has 0 heterocycles. The molecule has 2 N–H and O–H groups in total. The molecule has 166 valence electrons. The van der Waals surface area contributed by atoms with Crippen LogP contribution in [0.5, 0.6) is 0 Å². The first-order valence-corrected chi connectivity index (χ1v) is 12.1. The first-order valence-electron chi connectivity index (χ1n) is 12.1. The largest absolute Gasteiger partial charge is 0.469 e. The molecule has 4 aliphatic rings. The van der Waals surface area contributed by atoms with E-state index in [0.29, 0.717) is 41.4 Å². The maximum Gasteiger partial charge on any atom is 0.305 e. The third-order valence-corrected chi connectivity index (χ3v) is 10.5. The highest BCUT2D eigenvalue weighted by Crippen LogP contribution is 2.68. The van der Waals surface area contributed by atoms with Crippen molar-refractivity contribution in [3.8, 4) is 0 Å². The van der Waals surface area contributed by atoms with E-state index in [9.17, 15) is 15.0 Å². The van der Waals surface area contributed by atoms with E-state index >= 15 is 0 Å². The van der Waals surface area contributed by atoms with Gasteiger partial charge >= 0.3 is 5.97 Å². The Balaban J connectivity index is 1.53. The van der Waals surface area contributed by atoms with Gasteiger partial charge in [0.1, 0.15) is 0 Å². The van der Waals surface area contributed by atoms with Crippen LogP contribution in [0.1, 0.15) is 85.0 Å². The van der Waals surface area contributed by atoms with Crippen molar-refractivity contribution in [3.05, 3.63) is 0 Å². The highest BCUT2D eigenvalue weighted by molar-refractivity contribution is 5.69. The van der Waals surface area contributed by atoms with Gasteiger partial charge in [0.25, 0.3) is 0 Å². The number of methoxy groups -OCH3 is 1. The van der Waals surface area contributed by atoms with E-state index < -0.39 is 0 Å². The van der Waals surface area contributed by atoms with Crippen molar-refractivity contribution in [2.24, 2.45) is 46.3 Å². The van der Waals surface area contributed by atoms with Gasteiger partial charge in [-0.25, -0.2) is 0 Å². The van der Waals surface area contributed by atoms with Gasteiger partial charge < -0.3 is 14.9 Å². The molecule has 4 aliphatic carbocycles. The van der Waals surface area contributed by atoms with Crippen LogP contribution in [0.3, 0.4) is 0 Å². The number of hydrogen-bond donors (Lipinski definition) is 2. The number of fused-ring (bicyclic) bond motifs is 5. The van der Waals surface area contributed by atoms with Crippen LogP contribution >= 0.6 is 0 Å². The van der Waals surface area contributed by atoms with E-state index in [1.54, 1.807) is 0 Å². The highest BCUT2D eigenvalue weighted by Gasteiger charge is 2.63. The predicted octanol–water partition coefficient (Wildman–Crippen LogP) is 4.57. The number of carbonyl (C=O) groups excluding carboxylic acids is 1. The third-order valence-electron chi connectivity index (χ3n) is 10.5. The summed E-state index contributed by atoms with van der Waals surface area (Å²) in [6.45, 7) is 7.12. The van der Waals surface area contributed by atoms with E-state index in [-0.39, 0.29) is 23.6 Å². The number of ether oxygens (including phenoxy) is 1. The lowest BCUT2D eigenvalue weighted by atomic mass is 9.43. The molecule has 10 atom stereocenters. The molecule has 0 aromatic rings. The summed E-state index contributed by atoms with van der Waals surface area (Å²) in [7, 11) is 1.46. The van der Waals surface area contributed by atoms with Gasteiger partial charge in [0.15, 0.2) is 0 Å². The smallest absolute Gasteiger partial charge is 0.305 e. The van der Waals surface area contributed by atoms with Gasteiger partial charge in [0.2, 0.25) is 0 Å². The van der Waals surface area contributed by atoms with Crippen LogP contribution in [-0.4, -0.2) is 35.5 Å². The fourth-order valence-corrected chi connectivity index (χ4v) is 8.81. The van der Waals surface area contributed by atoms with Crippen LogP contribution in [-0.2, 0) is 9.53 Å². The Labute approximate surface area is 176 Å². The molecular weight excluding hydrogens is 364 g/mol. The lowest BCUT2D eigenvalue weighted by Gasteiger charge is -2.62. The molecule has 4 rings (SSSR count). The zero-order valence-corrected chi connectivity index (χ0v) is 18.9. The van der Waals surface area contributed by atoms with Gasteiger partial charge in [0, 0.05) is 6.42 Å². The Morgan fingerprint density at radius 1 is 1.07 bits per heavy atom. The lowest BCUT2D eigenvalue weighted by Crippen LogP contribution is -2.58. The molecule has 0 aliphatic heterocycles. The number of rotatable bonds is 4. The molecule has 0 unspecified atom stereocenters. The third kappa shape index (κ3) is 3.37. The zero-order valence-electron chi connectivity index (χ0n) is 18.9. The minimum absolute atomic E-state index is 0.0198. The molecule has 4 saturated carbocycles. The van der Waals surface area contributed by atoms with Crippen LogP contribution in [0.2, 0.25) is 0 Å². The van der Waals surface area contributed by atoms with E-state index in [2.05, 4.69) is 20.8 Å². The van der Waals surface area contributed by atoms with Crippen molar-refractivity contribution in [1.82, 2.24) is 0 Å². The molecule has 29 heavy (non-hydrogen) atoms. The second-order valence-corrected chi connectivity index (χ2v) is 11.5. The van der Waals surface area contributed by atoms with Crippen LogP contribution in [0.15, 0.2) is 0 Å². The monoisotopic (exact) mass is 406 g/mol. The van der Waals surface area contributed by atoms with Crippen LogP contribution in [0.4, 0.5) is 0 Å². The van der Waals surface area contributed by atoms with Crippen LogP contribution in [0, 0.1) is 46.3 Å². The summed E-state index contributed by atoms with van der Waals surface area (Å²) in [5.41, 5.74) is 0.271. The summed E-state index contributed by atoms with van der Waals surface area (Å²) in [4.78, 5) is 11.6. The standard InChI is InChI=1S/C25H42O4/c1-15(5-10-23(28)29-4)19-8-9-20-18-7-6-16-13-17(26)11-12-24(16,2)21(18)14-22(27)25(19,20)3/h15-22,26-27H,5-14H2,1-4H3/t15-,16+,17-,18+,19-,20+,21-,22+,24+,25-/m1/s1. The number of carbonyl (C=O) groups is 1. The summed E-state index contributed by atoms with van der Waals surface area (Å²) in [5, 5.41) is 21.8. The van der Waals surface area contributed by atoms with Crippen molar-refractivity contribution in [3.63, 3.8) is 0 Å². The summed E-state index contributed by atoms with van der Waals surface area (Å²) < 4.78 is 4.85. The molecule has 4 heteroatoms. The van der Waals surface area contributed by atoms with Gasteiger partial charge in [-0.05, 0) is 104 Å². The van der Waals surface area contributed by atoms with Crippen molar-refractivity contribution < 1.29 is 19.7 Å². The Morgan fingerprint density at radius 2 is 1.83 bits per heavy atom. The van der Waals surface area contributed by atoms with Crippen LogP contribution in [0.25, 0.3) is 0 Å². The second-order valence-electron chi connectivity index (χ2n) is 11.5. The molecule has 0 spiro atoms. The topological polar surface area (TPSA) is 66.8 Å². The summed E-state index contributed by atoms with van der Waals surface area (Å²) in [5.74, 6) is 3.36. The first kappa shape index (κ1) is 21.6. The van der Waals surface area contributed by atoms with Crippen molar-refractivity contribution >= 4 is 5.97 Å². The summed E-state index contributed by atoms with van der Waals surface area (Å²) in [6.07, 6.45) is 9.86. The van der Waals surface area contributed by atoms with Crippen molar-refractivity contribution in [2.45, 2.75) is 97.2 Å². The second kappa shape index (κ2) is 7.82. The van der Waals surface area contributed by atoms with E-state index in [1.807, 2.05) is 0 Å². The van der Waals surface area contributed by atoms with Gasteiger partial charge in [0.05, 0.1) is 19.3 Å². The zero-order chi connectivity index (χ0) is 21.0. The van der Waals surface area contributed by atoms with E-state index in [4.69, 9.17) is 4.74 Å². The molecular formula is C25H42O4. The Kier molecular flexibility index (Phi) is 5.83. The molecule has 0 aromatic heterocycles. The highest BCUT2D eigenvalue weighted by atomic mass is 16.5. The molecule has 0 aromatic carbocycles. The number of aliphatic hydroxyl groups excluding tert-OH is 2. The average molecular weight is 407 g/mol. The van der Waals surface area contributed by atoms with Crippen molar-refractivity contribution in [1.29, 1.82) is 0 Å². The molecule has 0 saturated heterocycles. The summed E-state index contributed by atoms with van der Waals surface area (Å²) >= 11 is 0. The molecule has 0 radical (unpaired) electrons. The molecule has 4 fully saturated rings. The SMILES string of the molecule is COC(=O)CC[C@@H](C)[C@H]1CC[C@H]2[C@@H]3CC[C@H]4C[C@H](O)CC[C@]4(C)[C@@H]3C[C@H](O)[C@]12C.